The fourth-order valence-electron chi connectivity index (χ4n) is 2.50. The number of hydrogen-bond acceptors (Lipinski definition) is 5. The van der Waals surface area contributed by atoms with Crippen molar-refractivity contribution in [2.24, 2.45) is 0 Å². The summed E-state index contributed by atoms with van der Waals surface area (Å²) in [7, 11) is 0. The van der Waals surface area contributed by atoms with Crippen molar-refractivity contribution in [1.29, 1.82) is 0 Å². The highest BCUT2D eigenvalue weighted by Crippen LogP contribution is 2.30. The van der Waals surface area contributed by atoms with E-state index in [1.807, 2.05) is 30.3 Å². The minimum Gasteiger partial charge on any atom is -0.461 e. The zero-order valence-electron chi connectivity index (χ0n) is 14.0. The van der Waals surface area contributed by atoms with Gasteiger partial charge >= 0.3 is 5.97 Å². The molecular formula is C18H22Cl2O5. The van der Waals surface area contributed by atoms with Crippen molar-refractivity contribution in [3.8, 4) is 0 Å². The molecule has 0 bridgehead atoms. The van der Waals surface area contributed by atoms with Crippen LogP contribution in [0.2, 0.25) is 0 Å². The van der Waals surface area contributed by atoms with Gasteiger partial charge in [0.2, 0.25) is 0 Å². The highest BCUT2D eigenvalue weighted by molar-refractivity contribution is 6.30. The summed E-state index contributed by atoms with van der Waals surface area (Å²) in [4.78, 5) is 22.0. The van der Waals surface area contributed by atoms with Crippen LogP contribution in [-0.4, -0.2) is 47.9 Å². The number of esters is 1. The molecule has 0 N–H and O–H groups in total. The topological polar surface area (TPSA) is 65.1 Å². The van der Waals surface area contributed by atoms with Gasteiger partial charge < -0.3 is 19.0 Å². The molecule has 0 amide bonds. The van der Waals surface area contributed by atoms with E-state index in [2.05, 4.69) is 0 Å². The Morgan fingerprint density at radius 3 is 2.64 bits per heavy atom. The molecule has 5 nitrogen and oxygen atoms in total. The van der Waals surface area contributed by atoms with Gasteiger partial charge in [0.15, 0.2) is 6.29 Å². The molecule has 25 heavy (non-hydrogen) atoms. The van der Waals surface area contributed by atoms with Crippen LogP contribution in [0.5, 0.6) is 0 Å². The fourth-order valence-corrected chi connectivity index (χ4v) is 3.04. The van der Waals surface area contributed by atoms with E-state index in [-0.39, 0.29) is 6.10 Å². The Bertz CT molecular complexity index is 554. The molecule has 0 saturated carbocycles. The summed E-state index contributed by atoms with van der Waals surface area (Å²) in [5.41, 5.74) is 1.08. The summed E-state index contributed by atoms with van der Waals surface area (Å²) in [5, 5.41) is -1.03. The van der Waals surface area contributed by atoms with Gasteiger partial charge in [-0.1, -0.05) is 30.3 Å². The van der Waals surface area contributed by atoms with Gasteiger partial charge in [-0.25, -0.2) is 0 Å². The third kappa shape index (κ3) is 6.94. The molecule has 1 saturated heterocycles. The quantitative estimate of drug-likeness (QED) is 0.191. The number of carbonyl (C=O) groups is 2. The van der Waals surface area contributed by atoms with Gasteiger partial charge in [-0.2, -0.15) is 0 Å². The number of benzene rings is 1. The lowest BCUT2D eigenvalue weighted by molar-refractivity contribution is -0.146. The molecule has 0 aromatic heterocycles. The SMILES string of the molecule is CC(=O)O[C@@H](C[C@H]1O[C@H]1C=O)[C@@H](Cl)[C@H](Cl)CCOCc1ccccc1. The number of hydrogen-bond donors (Lipinski definition) is 0. The lowest BCUT2D eigenvalue weighted by Gasteiger charge is -2.25. The first-order valence-electron chi connectivity index (χ1n) is 8.19. The summed E-state index contributed by atoms with van der Waals surface area (Å²) < 4.78 is 16.0. The molecule has 7 heteroatoms. The monoisotopic (exact) mass is 388 g/mol. The van der Waals surface area contributed by atoms with Crippen molar-refractivity contribution in [2.75, 3.05) is 6.61 Å². The second-order valence-electron chi connectivity index (χ2n) is 5.95. The van der Waals surface area contributed by atoms with Crippen molar-refractivity contribution < 1.29 is 23.8 Å². The maximum Gasteiger partial charge on any atom is 0.302 e. The van der Waals surface area contributed by atoms with E-state index in [4.69, 9.17) is 37.4 Å². The Labute approximate surface area is 157 Å². The lowest BCUT2D eigenvalue weighted by Crippen LogP contribution is -2.35. The standard InChI is InChI=1S/C18H22Cl2O5/c1-12(22)24-16(9-15-17(10-21)25-15)18(20)14(19)7-8-23-11-13-5-3-2-4-6-13/h2-6,10,14-18H,7-9,11H2,1H3/t14-,15-,16+,17+,18+/m1/s1. The summed E-state index contributed by atoms with van der Waals surface area (Å²) in [6, 6.07) is 9.82. The summed E-state index contributed by atoms with van der Waals surface area (Å²) >= 11 is 12.7. The summed E-state index contributed by atoms with van der Waals surface area (Å²) in [5.74, 6) is -0.442. The molecule has 1 aromatic carbocycles. The number of epoxide rings is 1. The van der Waals surface area contributed by atoms with Gasteiger partial charge in [0.1, 0.15) is 12.2 Å². The molecule has 5 atom stereocenters. The van der Waals surface area contributed by atoms with Gasteiger partial charge in [0.05, 0.1) is 23.5 Å². The number of ether oxygens (including phenoxy) is 3. The van der Waals surface area contributed by atoms with Gasteiger partial charge in [-0.15, -0.1) is 23.2 Å². The van der Waals surface area contributed by atoms with Crippen LogP contribution >= 0.6 is 23.2 Å². The molecule has 0 aliphatic carbocycles. The average molecular weight is 389 g/mol. The Hall–Kier alpha value is -1.14. The number of alkyl halides is 2. The molecule has 138 valence electrons. The molecule has 1 aliphatic heterocycles. The maximum absolute atomic E-state index is 11.3. The lowest BCUT2D eigenvalue weighted by atomic mass is 10.0. The fraction of sp³-hybridized carbons (Fsp3) is 0.556. The minimum absolute atomic E-state index is 0.263. The number of aldehydes is 1. The Morgan fingerprint density at radius 1 is 1.32 bits per heavy atom. The van der Waals surface area contributed by atoms with E-state index in [0.29, 0.717) is 26.1 Å². The van der Waals surface area contributed by atoms with Crippen molar-refractivity contribution >= 4 is 35.5 Å². The van der Waals surface area contributed by atoms with Crippen molar-refractivity contribution in [3.63, 3.8) is 0 Å². The molecular weight excluding hydrogens is 367 g/mol. The van der Waals surface area contributed by atoms with Gasteiger partial charge in [-0.05, 0) is 12.0 Å². The smallest absolute Gasteiger partial charge is 0.302 e. The van der Waals surface area contributed by atoms with Crippen LogP contribution < -0.4 is 0 Å². The van der Waals surface area contributed by atoms with Crippen molar-refractivity contribution in [2.45, 2.75) is 55.4 Å². The van der Waals surface area contributed by atoms with E-state index < -0.39 is 28.9 Å². The number of rotatable bonds is 11. The van der Waals surface area contributed by atoms with E-state index >= 15 is 0 Å². The average Bonchev–Trinajstić information content (AvgIpc) is 3.36. The molecule has 1 fully saturated rings. The number of halogens is 2. The summed E-state index contributed by atoms with van der Waals surface area (Å²) in [6.45, 7) is 2.26. The Kier molecular flexibility index (Phi) is 8.16. The molecule has 0 unspecified atom stereocenters. The van der Waals surface area contributed by atoms with Crippen LogP contribution in [0.25, 0.3) is 0 Å². The molecule has 1 aromatic rings. The van der Waals surface area contributed by atoms with Crippen LogP contribution in [-0.2, 0) is 30.4 Å². The molecule has 0 radical (unpaired) electrons. The zero-order valence-corrected chi connectivity index (χ0v) is 15.5. The largest absolute Gasteiger partial charge is 0.461 e. The van der Waals surface area contributed by atoms with Crippen LogP contribution in [0.1, 0.15) is 25.3 Å². The molecule has 1 heterocycles. The first-order chi connectivity index (χ1) is 12.0. The highest BCUT2D eigenvalue weighted by atomic mass is 35.5. The molecule has 0 spiro atoms. The van der Waals surface area contributed by atoms with Crippen LogP contribution in [0.15, 0.2) is 30.3 Å². The zero-order chi connectivity index (χ0) is 18.2. The van der Waals surface area contributed by atoms with Gasteiger partial charge in [0.25, 0.3) is 0 Å². The first kappa shape index (κ1) is 20.2. The van der Waals surface area contributed by atoms with E-state index in [0.717, 1.165) is 11.8 Å². The predicted octanol–water partition coefficient (Wildman–Crippen LogP) is 3.10. The van der Waals surface area contributed by atoms with Gasteiger partial charge in [0, 0.05) is 20.0 Å². The van der Waals surface area contributed by atoms with Gasteiger partial charge in [-0.3, -0.25) is 4.79 Å². The van der Waals surface area contributed by atoms with E-state index in [1.54, 1.807) is 0 Å². The summed E-state index contributed by atoms with van der Waals surface area (Å²) in [6.07, 6.45) is 0.291. The van der Waals surface area contributed by atoms with Crippen LogP contribution in [0.3, 0.4) is 0 Å². The highest BCUT2D eigenvalue weighted by Gasteiger charge is 2.43. The third-order valence-corrected chi connectivity index (χ3v) is 5.09. The second-order valence-corrected chi connectivity index (χ2v) is 7.01. The first-order valence-corrected chi connectivity index (χ1v) is 9.06. The Morgan fingerprint density at radius 2 is 2.04 bits per heavy atom. The second kappa shape index (κ2) is 10.1. The normalized spacial score (nSPS) is 22.7. The van der Waals surface area contributed by atoms with E-state index in [1.165, 1.54) is 6.92 Å². The van der Waals surface area contributed by atoms with Crippen LogP contribution in [0.4, 0.5) is 0 Å². The molecule has 2 rings (SSSR count). The van der Waals surface area contributed by atoms with Crippen molar-refractivity contribution in [1.82, 2.24) is 0 Å². The van der Waals surface area contributed by atoms with Crippen LogP contribution in [0, 0.1) is 0 Å². The van der Waals surface area contributed by atoms with E-state index in [9.17, 15) is 9.59 Å². The number of carbonyl (C=O) groups excluding carboxylic acids is 2. The maximum atomic E-state index is 11.3. The Balaban J connectivity index is 1.75. The molecule has 1 aliphatic rings. The minimum atomic E-state index is -0.606. The predicted molar refractivity (Wildman–Crippen MR) is 94.9 cm³/mol. The third-order valence-electron chi connectivity index (χ3n) is 3.89. The van der Waals surface area contributed by atoms with Crippen molar-refractivity contribution in [3.05, 3.63) is 35.9 Å².